The van der Waals surface area contributed by atoms with Crippen LogP contribution in [-0.4, -0.2) is 67.2 Å². The Morgan fingerprint density at radius 2 is 1.87 bits per heavy atom. The maximum atomic E-state index is 14.9. The van der Waals surface area contributed by atoms with Crippen molar-refractivity contribution in [3.05, 3.63) is 29.6 Å². The summed E-state index contributed by atoms with van der Waals surface area (Å²) in [5.41, 5.74) is 7.38. The smallest absolute Gasteiger partial charge is 0.234 e. The number of nitrogens with zero attached hydrogens (tertiary/aromatic N) is 2. The molecule has 0 aromatic heterocycles. The molecule has 3 N–H and O–H groups in total. The Hall–Kier alpha value is -2.03. The molecule has 2 bridgehead atoms. The van der Waals surface area contributed by atoms with Gasteiger partial charge >= 0.3 is 0 Å². The van der Waals surface area contributed by atoms with Gasteiger partial charge in [-0.1, -0.05) is 6.07 Å². The van der Waals surface area contributed by atoms with Crippen LogP contribution in [0.5, 0.6) is 0 Å². The highest BCUT2D eigenvalue weighted by Crippen LogP contribution is 2.42. The molecule has 1 aliphatic carbocycles. The molecule has 5 aliphatic rings. The lowest BCUT2D eigenvalue weighted by atomic mass is 9.71. The first-order chi connectivity index (χ1) is 14.8. The lowest BCUT2D eigenvalue weighted by Gasteiger charge is -2.53. The van der Waals surface area contributed by atoms with Crippen molar-refractivity contribution in [1.82, 2.24) is 10.2 Å². The standard InChI is InChI=1S/C23H31FN4O3/c24-18-13-16(17-2-4-20(29)26-21(17)30)1-3-19(18)28-11-9-27(10-12-28)14-23-7-5-22(25,6-8-23)15-31-23/h1,3,13,17H,2,4-12,14-15,25H2,(H,26,29,30). The van der Waals surface area contributed by atoms with Gasteiger partial charge in [-0.15, -0.1) is 0 Å². The molecule has 1 aromatic carbocycles. The number of halogens is 1. The molecular weight excluding hydrogens is 399 g/mol. The van der Waals surface area contributed by atoms with E-state index in [1.165, 1.54) is 6.07 Å². The van der Waals surface area contributed by atoms with Gasteiger partial charge in [-0.3, -0.25) is 19.8 Å². The normalized spacial score (nSPS) is 34.1. The zero-order chi connectivity index (χ0) is 21.6. The van der Waals surface area contributed by atoms with Crippen LogP contribution in [0, 0.1) is 5.82 Å². The number of carbonyl (C=O) groups is 2. The summed E-state index contributed by atoms with van der Waals surface area (Å²) in [7, 11) is 0. The van der Waals surface area contributed by atoms with Crippen molar-refractivity contribution < 1.29 is 18.7 Å². The molecule has 6 rings (SSSR count). The lowest BCUT2D eigenvalue weighted by Crippen LogP contribution is -2.63. The minimum atomic E-state index is -0.462. The van der Waals surface area contributed by atoms with Crippen LogP contribution >= 0.6 is 0 Å². The maximum Gasteiger partial charge on any atom is 0.234 e. The van der Waals surface area contributed by atoms with Gasteiger partial charge in [-0.25, -0.2) is 4.39 Å². The maximum absolute atomic E-state index is 14.9. The Morgan fingerprint density at radius 3 is 2.48 bits per heavy atom. The van der Waals surface area contributed by atoms with Gasteiger partial charge in [-0.2, -0.15) is 0 Å². The summed E-state index contributed by atoms with van der Waals surface area (Å²) in [5, 5.41) is 2.34. The van der Waals surface area contributed by atoms with E-state index < -0.39 is 5.92 Å². The number of imide groups is 1. The van der Waals surface area contributed by atoms with Crippen molar-refractivity contribution in [2.75, 3.05) is 44.2 Å². The van der Waals surface area contributed by atoms with Gasteiger partial charge in [0.05, 0.1) is 23.8 Å². The first-order valence-electron chi connectivity index (χ1n) is 11.4. The molecular formula is C23H31FN4O3. The van der Waals surface area contributed by atoms with E-state index in [-0.39, 0.29) is 28.8 Å². The van der Waals surface area contributed by atoms with Gasteiger partial charge in [0.25, 0.3) is 0 Å². The van der Waals surface area contributed by atoms with Crippen molar-refractivity contribution in [2.24, 2.45) is 5.73 Å². The molecule has 1 unspecified atom stereocenters. The molecule has 0 spiro atoms. The molecule has 168 valence electrons. The molecule has 7 nitrogen and oxygen atoms in total. The fourth-order valence-corrected chi connectivity index (χ4v) is 5.56. The van der Waals surface area contributed by atoms with E-state index in [0.29, 0.717) is 30.7 Å². The van der Waals surface area contributed by atoms with E-state index in [2.05, 4.69) is 15.1 Å². The van der Waals surface area contributed by atoms with E-state index in [4.69, 9.17) is 10.5 Å². The van der Waals surface area contributed by atoms with Crippen LogP contribution < -0.4 is 16.0 Å². The first kappa shape index (κ1) is 20.8. The number of hydrogen-bond acceptors (Lipinski definition) is 6. The van der Waals surface area contributed by atoms with Crippen LogP contribution in [0.25, 0.3) is 0 Å². The summed E-state index contributed by atoms with van der Waals surface area (Å²) in [6.07, 6.45) is 4.85. The molecule has 31 heavy (non-hydrogen) atoms. The second-order valence-corrected chi connectivity index (χ2v) is 9.81. The van der Waals surface area contributed by atoms with Crippen molar-refractivity contribution in [3.63, 3.8) is 0 Å². The summed E-state index contributed by atoms with van der Waals surface area (Å²) < 4.78 is 21.1. The predicted molar refractivity (Wildman–Crippen MR) is 114 cm³/mol. The second-order valence-electron chi connectivity index (χ2n) is 9.81. The number of hydrogen-bond donors (Lipinski definition) is 2. The summed E-state index contributed by atoms with van der Waals surface area (Å²) in [5.74, 6) is -1.37. The molecule has 1 aromatic rings. The summed E-state index contributed by atoms with van der Waals surface area (Å²) in [6.45, 7) is 4.84. The quantitative estimate of drug-likeness (QED) is 0.704. The van der Waals surface area contributed by atoms with Crippen LogP contribution in [0.3, 0.4) is 0 Å². The third-order valence-electron chi connectivity index (χ3n) is 7.66. The number of rotatable bonds is 4. The van der Waals surface area contributed by atoms with Crippen LogP contribution in [0.2, 0.25) is 0 Å². The number of carbonyl (C=O) groups excluding carboxylic acids is 2. The largest absolute Gasteiger partial charge is 0.372 e. The highest BCUT2D eigenvalue weighted by molar-refractivity contribution is 6.00. The number of amides is 2. The van der Waals surface area contributed by atoms with Crippen molar-refractivity contribution in [1.29, 1.82) is 0 Å². The Bertz CT molecular complexity index is 859. The SMILES string of the molecule is NC12CCC(CN3CCN(c4ccc(C5CCC(=O)NC5=O)cc4F)CC3)(CC1)OC2. The summed E-state index contributed by atoms with van der Waals surface area (Å²) in [4.78, 5) is 27.9. The van der Waals surface area contributed by atoms with E-state index in [1.54, 1.807) is 6.07 Å². The van der Waals surface area contributed by atoms with Crippen LogP contribution in [0.15, 0.2) is 18.2 Å². The monoisotopic (exact) mass is 430 g/mol. The van der Waals surface area contributed by atoms with E-state index >= 15 is 0 Å². The Kier molecular flexibility index (Phi) is 5.27. The van der Waals surface area contributed by atoms with E-state index in [9.17, 15) is 14.0 Å². The number of fused-ring (bicyclic) bond motifs is 3. The fourth-order valence-electron chi connectivity index (χ4n) is 5.56. The molecule has 1 atom stereocenters. The average Bonchev–Trinajstić information content (AvgIpc) is 2.76. The van der Waals surface area contributed by atoms with Gasteiger partial charge in [0, 0.05) is 44.7 Å². The number of piperidine rings is 1. The molecule has 4 heterocycles. The average molecular weight is 431 g/mol. The first-order valence-corrected chi connectivity index (χ1v) is 11.4. The molecule has 4 saturated heterocycles. The third kappa shape index (κ3) is 4.08. The Labute approximate surface area is 182 Å². The number of nitrogens with one attached hydrogen (secondary N) is 1. The Balaban J connectivity index is 1.19. The van der Waals surface area contributed by atoms with Gasteiger partial charge in [0.1, 0.15) is 5.82 Å². The van der Waals surface area contributed by atoms with Crippen LogP contribution in [0.1, 0.15) is 50.0 Å². The van der Waals surface area contributed by atoms with Crippen molar-refractivity contribution in [3.8, 4) is 0 Å². The lowest BCUT2D eigenvalue weighted by molar-refractivity contribution is -0.163. The fraction of sp³-hybridized carbons (Fsp3) is 0.652. The third-order valence-corrected chi connectivity index (χ3v) is 7.66. The summed E-state index contributed by atoms with van der Waals surface area (Å²) >= 11 is 0. The number of ether oxygens (including phenoxy) is 1. The zero-order valence-electron chi connectivity index (χ0n) is 17.9. The number of anilines is 1. The van der Waals surface area contributed by atoms with Crippen molar-refractivity contribution in [2.45, 2.75) is 55.6 Å². The minimum Gasteiger partial charge on any atom is -0.372 e. The van der Waals surface area contributed by atoms with Crippen LogP contribution in [-0.2, 0) is 14.3 Å². The molecule has 0 radical (unpaired) electrons. The minimum absolute atomic E-state index is 0.0574. The topological polar surface area (TPSA) is 87.9 Å². The number of benzene rings is 1. The highest BCUT2D eigenvalue weighted by atomic mass is 19.1. The number of piperazine rings is 1. The second kappa shape index (κ2) is 7.83. The summed E-state index contributed by atoms with van der Waals surface area (Å²) in [6, 6.07) is 5.05. The van der Waals surface area contributed by atoms with Crippen molar-refractivity contribution >= 4 is 17.5 Å². The van der Waals surface area contributed by atoms with E-state index in [1.807, 2.05) is 6.07 Å². The highest BCUT2D eigenvalue weighted by Gasteiger charge is 2.48. The molecule has 1 saturated carbocycles. The van der Waals surface area contributed by atoms with Gasteiger partial charge in [0.15, 0.2) is 0 Å². The number of nitrogens with two attached hydrogens (primary N) is 1. The van der Waals surface area contributed by atoms with Gasteiger partial charge < -0.3 is 15.4 Å². The molecule has 5 fully saturated rings. The Morgan fingerprint density at radius 1 is 1.13 bits per heavy atom. The van der Waals surface area contributed by atoms with Gasteiger partial charge in [-0.05, 0) is 49.8 Å². The predicted octanol–water partition coefficient (Wildman–Crippen LogP) is 1.51. The van der Waals surface area contributed by atoms with Gasteiger partial charge in [0.2, 0.25) is 11.8 Å². The van der Waals surface area contributed by atoms with E-state index in [0.717, 1.165) is 58.4 Å². The molecule has 8 heteroatoms. The van der Waals surface area contributed by atoms with Crippen LogP contribution in [0.4, 0.5) is 10.1 Å². The molecule has 4 aliphatic heterocycles. The zero-order valence-corrected chi connectivity index (χ0v) is 17.9. The molecule has 2 amide bonds.